The minimum atomic E-state index is -0.102. The summed E-state index contributed by atoms with van der Waals surface area (Å²) in [4.78, 5) is 22.4. The molecule has 2 N–H and O–H groups in total. The van der Waals surface area contributed by atoms with Crippen LogP contribution in [0.2, 0.25) is 0 Å². The maximum absolute atomic E-state index is 12.9. The fourth-order valence-corrected chi connectivity index (χ4v) is 5.74. The van der Waals surface area contributed by atoms with Gasteiger partial charge in [-0.2, -0.15) is 0 Å². The number of ether oxygens (including phenoxy) is 1. The molecule has 4 rings (SSSR count). The van der Waals surface area contributed by atoms with Crippen LogP contribution in [0.4, 0.5) is 5.13 Å². The molecule has 0 aliphatic rings. The topological polar surface area (TPSA) is 92.8 Å². The Morgan fingerprint density at radius 1 is 1.17 bits per heavy atom. The Morgan fingerprint density at radius 3 is 2.73 bits per heavy atom. The number of aryl methyl sites for hydroxylation is 2. The molecule has 0 unspecified atom stereocenters. The SMILES string of the molecule is COCCNc1nnc(SCc2nc3sc(C)c(-c4ccc(C)cc4)c3c(=O)[nH]2)s1. The second-order valence-electron chi connectivity index (χ2n) is 6.67. The number of aromatic nitrogens is 4. The number of hydrogen-bond donors (Lipinski definition) is 2. The Bertz CT molecular complexity index is 1210. The van der Waals surface area contributed by atoms with Gasteiger partial charge in [0.1, 0.15) is 10.7 Å². The lowest BCUT2D eigenvalue weighted by molar-refractivity contribution is 0.211. The van der Waals surface area contributed by atoms with Gasteiger partial charge in [-0.3, -0.25) is 4.79 Å². The van der Waals surface area contributed by atoms with Gasteiger partial charge in [-0.15, -0.1) is 21.5 Å². The van der Waals surface area contributed by atoms with Crippen LogP contribution in [0.1, 0.15) is 16.3 Å². The average molecular weight is 460 g/mol. The van der Waals surface area contributed by atoms with Gasteiger partial charge in [0.2, 0.25) is 5.13 Å². The van der Waals surface area contributed by atoms with Crippen LogP contribution in [-0.2, 0) is 10.5 Å². The van der Waals surface area contributed by atoms with Crippen molar-refractivity contribution in [3.05, 3.63) is 50.9 Å². The monoisotopic (exact) mass is 459 g/mol. The molecule has 0 fully saturated rings. The van der Waals surface area contributed by atoms with Crippen molar-refractivity contribution < 1.29 is 4.74 Å². The predicted molar refractivity (Wildman–Crippen MR) is 125 cm³/mol. The first kappa shape index (κ1) is 21.0. The molecule has 4 aromatic rings. The Balaban J connectivity index is 1.54. The molecule has 1 aromatic carbocycles. The number of thioether (sulfide) groups is 1. The van der Waals surface area contributed by atoms with Crippen molar-refractivity contribution in [2.75, 3.05) is 25.6 Å². The van der Waals surface area contributed by atoms with E-state index in [1.165, 1.54) is 28.7 Å². The zero-order chi connectivity index (χ0) is 21.1. The van der Waals surface area contributed by atoms with Crippen molar-refractivity contribution in [1.82, 2.24) is 20.2 Å². The van der Waals surface area contributed by atoms with E-state index in [0.29, 0.717) is 30.1 Å². The normalized spacial score (nSPS) is 11.3. The summed E-state index contributed by atoms with van der Waals surface area (Å²) < 4.78 is 5.83. The van der Waals surface area contributed by atoms with Crippen LogP contribution in [0.15, 0.2) is 33.4 Å². The molecule has 0 saturated carbocycles. The van der Waals surface area contributed by atoms with Gasteiger partial charge >= 0.3 is 0 Å². The highest BCUT2D eigenvalue weighted by atomic mass is 32.2. The van der Waals surface area contributed by atoms with Crippen LogP contribution in [0.25, 0.3) is 21.3 Å². The summed E-state index contributed by atoms with van der Waals surface area (Å²) in [5.41, 5.74) is 3.10. The lowest BCUT2D eigenvalue weighted by Gasteiger charge is -2.03. The number of rotatable bonds is 8. The van der Waals surface area contributed by atoms with Crippen molar-refractivity contribution in [2.45, 2.75) is 23.9 Å². The number of benzene rings is 1. The second-order valence-corrected chi connectivity index (χ2v) is 10.1. The number of anilines is 1. The number of aromatic amines is 1. The standard InChI is InChI=1S/C20H21N5O2S3/c1-11-4-6-13(7-5-11)15-12(2)29-18-16(15)17(26)22-14(23-18)10-28-20-25-24-19(30-20)21-8-9-27-3/h4-7H,8-10H2,1-3H3,(H,21,24)(H,22,23,26). The maximum Gasteiger partial charge on any atom is 0.260 e. The van der Waals surface area contributed by atoms with Crippen LogP contribution in [0.3, 0.4) is 0 Å². The van der Waals surface area contributed by atoms with Gasteiger partial charge < -0.3 is 15.0 Å². The van der Waals surface area contributed by atoms with Crippen LogP contribution >= 0.6 is 34.4 Å². The first-order valence-electron chi connectivity index (χ1n) is 9.33. The van der Waals surface area contributed by atoms with Crippen molar-refractivity contribution in [3.63, 3.8) is 0 Å². The van der Waals surface area contributed by atoms with Crippen LogP contribution < -0.4 is 10.9 Å². The number of nitrogens with one attached hydrogen (secondary N) is 2. The van der Waals surface area contributed by atoms with Gasteiger partial charge in [-0.25, -0.2) is 4.98 Å². The number of hydrogen-bond acceptors (Lipinski definition) is 9. The van der Waals surface area contributed by atoms with Crippen LogP contribution in [0.5, 0.6) is 0 Å². The van der Waals surface area contributed by atoms with Crippen molar-refractivity contribution in [2.24, 2.45) is 0 Å². The molecule has 156 valence electrons. The summed E-state index contributed by atoms with van der Waals surface area (Å²) in [6, 6.07) is 8.23. The Kier molecular flexibility index (Phi) is 6.47. The predicted octanol–water partition coefficient (Wildman–Crippen LogP) is 4.47. The van der Waals surface area contributed by atoms with E-state index in [4.69, 9.17) is 9.72 Å². The molecule has 0 aliphatic carbocycles. The third-order valence-corrected chi connectivity index (χ3v) is 7.47. The first-order chi connectivity index (χ1) is 14.5. The fraction of sp³-hybridized carbons (Fsp3) is 0.300. The zero-order valence-corrected chi connectivity index (χ0v) is 19.3. The molecular weight excluding hydrogens is 438 g/mol. The third-order valence-electron chi connectivity index (χ3n) is 4.45. The number of fused-ring (bicyclic) bond motifs is 1. The summed E-state index contributed by atoms with van der Waals surface area (Å²) in [5.74, 6) is 1.16. The fourth-order valence-electron chi connectivity index (χ4n) is 3.03. The van der Waals surface area contributed by atoms with Gasteiger partial charge in [0.15, 0.2) is 4.34 Å². The quantitative estimate of drug-likeness (QED) is 0.297. The van der Waals surface area contributed by atoms with Gasteiger partial charge in [-0.05, 0) is 19.4 Å². The second kappa shape index (κ2) is 9.25. The molecule has 0 atom stereocenters. The van der Waals surface area contributed by atoms with Crippen LogP contribution in [-0.4, -0.2) is 40.4 Å². The van der Waals surface area contributed by atoms with Crippen molar-refractivity contribution in [1.29, 1.82) is 0 Å². The van der Waals surface area contributed by atoms with E-state index >= 15 is 0 Å². The average Bonchev–Trinajstić information content (AvgIpc) is 3.31. The van der Waals surface area contributed by atoms with E-state index in [2.05, 4.69) is 51.7 Å². The summed E-state index contributed by atoms with van der Waals surface area (Å²) >= 11 is 4.53. The summed E-state index contributed by atoms with van der Waals surface area (Å²) in [6.45, 7) is 5.38. The lowest BCUT2D eigenvalue weighted by atomic mass is 10.0. The molecule has 10 heteroatoms. The van der Waals surface area contributed by atoms with Gasteiger partial charge in [-0.1, -0.05) is 52.9 Å². The minimum absolute atomic E-state index is 0.102. The van der Waals surface area contributed by atoms with E-state index in [1.54, 1.807) is 18.4 Å². The molecule has 0 spiro atoms. The van der Waals surface area contributed by atoms with E-state index in [9.17, 15) is 4.79 Å². The molecular formula is C20H21N5O2S3. The molecule has 3 heterocycles. The summed E-state index contributed by atoms with van der Waals surface area (Å²) in [7, 11) is 1.66. The summed E-state index contributed by atoms with van der Waals surface area (Å²) in [6.07, 6.45) is 0. The molecule has 0 radical (unpaired) electrons. The number of H-pyrrole nitrogens is 1. The Hall–Kier alpha value is -2.27. The maximum atomic E-state index is 12.9. The molecule has 0 bridgehead atoms. The van der Waals surface area contributed by atoms with E-state index in [1.807, 2.05) is 6.92 Å². The van der Waals surface area contributed by atoms with Crippen LogP contribution in [0, 0.1) is 13.8 Å². The molecule has 0 amide bonds. The molecule has 0 saturated heterocycles. The Morgan fingerprint density at radius 2 is 1.97 bits per heavy atom. The molecule has 0 aliphatic heterocycles. The number of nitrogens with zero attached hydrogens (tertiary/aromatic N) is 3. The van der Waals surface area contributed by atoms with Gasteiger partial charge in [0, 0.05) is 24.1 Å². The van der Waals surface area contributed by atoms with Gasteiger partial charge in [0.25, 0.3) is 5.56 Å². The highest BCUT2D eigenvalue weighted by Gasteiger charge is 2.17. The van der Waals surface area contributed by atoms with Gasteiger partial charge in [0.05, 0.1) is 17.7 Å². The molecule has 3 aromatic heterocycles. The first-order valence-corrected chi connectivity index (χ1v) is 12.0. The number of methoxy groups -OCH3 is 1. The lowest BCUT2D eigenvalue weighted by Crippen LogP contribution is -2.10. The van der Waals surface area contributed by atoms with E-state index < -0.39 is 0 Å². The third kappa shape index (κ3) is 4.56. The van der Waals surface area contributed by atoms with Crippen molar-refractivity contribution in [3.8, 4) is 11.1 Å². The molecule has 30 heavy (non-hydrogen) atoms. The van der Waals surface area contributed by atoms with Crippen molar-refractivity contribution >= 4 is 49.8 Å². The van der Waals surface area contributed by atoms with E-state index in [-0.39, 0.29) is 5.56 Å². The zero-order valence-electron chi connectivity index (χ0n) is 16.8. The highest BCUT2D eigenvalue weighted by molar-refractivity contribution is 8.00. The highest BCUT2D eigenvalue weighted by Crippen LogP contribution is 2.36. The Labute approximate surface area is 185 Å². The van der Waals surface area contributed by atoms with E-state index in [0.717, 1.165) is 30.3 Å². The summed E-state index contributed by atoms with van der Waals surface area (Å²) in [5, 5.41) is 12.9. The minimum Gasteiger partial charge on any atom is -0.383 e. The molecule has 7 nitrogen and oxygen atoms in total. The number of thiophene rings is 1. The smallest absolute Gasteiger partial charge is 0.260 e. The largest absolute Gasteiger partial charge is 0.383 e.